The molecular weight excluding hydrogens is 642 g/mol. The third kappa shape index (κ3) is 11.7. The van der Waals surface area contributed by atoms with E-state index >= 15 is 0 Å². The van der Waals surface area contributed by atoms with Gasteiger partial charge in [0.15, 0.2) is 0 Å². The maximum Gasteiger partial charge on any atom is 0.509 e. The second kappa shape index (κ2) is 15.4. The minimum Gasteiger partial charge on any atom is -0.466 e. The van der Waals surface area contributed by atoms with Gasteiger partial charge in [-0.15, -0.1) is 0 Å². The van der Waals surface area contributed by atoms with E-state index in [0.717, 1.165) is 25.7 Å². The molecule has 0 spiro atoms. The van der Waals surface area contributed by atoms with Crippen LogP contribution >= 0.6 is 0 Å². The Hall–Kier alpha value is -3.78. The van der Waals surface area contributed by atoms with Crippen LogP contribution in [0, 0.1) is 21.7 Å². The standard InChI is InChI=1S/C34H53N3O12/c1-31(2)12-21(36-26(39)23-16-46-29(42)48-23)14-33(5,18-31)9-8-25(38)44-10-7-11-45-28(41)35-20-34(6)15-22(13-32(3,4)19-34)37-27(40)24-17-47-30(43)49-24/h21-24H,7-20H2,1-6H3,(H,35,41)(H,36,39)(H,37,40). The molecule has 2 saturated carbocycles. The summed E-state index contributed by atoms with van der Waals surface area (Å²) in [4.78, 5) is 72.6. The molecule has 2 saturated heterocycles. The highest BCUT2D eigenvalue weighted by Gasteiger charge is 2.44. The summed E-state index contributed by atoms with van der Waals surface area (Å²) in [6.45, 7) is 13.0. The van der Waals surface area contributed by atoms with Gasteiger partial charge in [-0.3, -0.25) is 14.4 Å². The van der Waals surface area contributed by atoms with Crippen molar-refractivity contribution in [3.8, 4) is 0 Å². The van der Waals surface area contributed by atoms with Gasteiger partial charge in [0.25, 0.3) is 11.8 Å². The van der Waals surface area contributed by atoms with Gasteiger partial charge >= 0.3 is 24.4 Å². The van der Waals surface area contributed by atoms with Crippen LogP contribution in [0.3, 0.4) is 0 Å². The number of rotatable bonds is 13. The first kappa shape index (κ1) is 38.0. The van der Waals surface area contributed by atoms with Crippen molar-refractivity contribution >= 4 is 36.2 Å². The topological polar surface area (TPSA) is 194 Å². The average Bonchev–Trinajstić information content (AvgIpc) is 3.61. The normalized spacial score (nSPS) is 31.6. The monoisotopic (exact) mass is 695 g/mol. The Bertz CT molecular complexity index is 1180. The predicted molar refractivity (Wildman–Crippen MR) is 172 cm³/mol. The SMILES string of the molecule is CC1(C)CC(NC(=O)C2COC(=O)O2)CC(C)(CCC(=O)OCCCOC(=O)NCC2(C)CC(NC(=O)C3COC(=O)O3)CC(C)(C)C2)C1. The molecule has 3 N–H and O–H groups in total. The molecule has 3 amide bonds. The van der Waals surface area contributed by atoms with Crippen LogP contribution in [-0.2, 0) is 42.8 Å². The fraction of sp³-hybridized carbons (Fsp3) is 0.824. The third-order valence-electron chi connectivity index (χ3n) is 9.72. The molecule has 15 nitrogen and oxygen atoms in total. The number of alkyl carbamates (subject to hydrolysis) is 1. The Labute approximate surface area is 287 Å². The molecule has 0 radical (unpaired) electrons. The van der Waals surface area contributed by atoms with E-state index in [1.807, 2.05) is 0 Å². The van der Waals surface area contributed by atoms with Crippen molar-refractivity contribution in [3.63, 3.8) is 0 Å². The van der Waals surface area contributed by atoms with Crippen molar-refractivity contribution in [2.45, 2.75) is 124 Å². The fourth-order valence-corrected chi connectivity index (χ4v) is 8.52. The smallest absolute Gasteiger partial charge is 0.466 e. The molecule has 276 valence electrons. The van der Waals surface area contributed by atoms with Crippen molar-refractivity contribution in [1.29, 1.82) is 0 Å². The number of carbonyl (C=O) groups excluding carboxylic acids is 6. The van der Waals surface area contributed by atoms with Crippen LogP contribution in [0.15, 0.2) is 0 Å². The van der Waals surface area contributed by atoms with Gasteiger partial charge in [-0.25, -0.2) is 14.4 Å². The number of hydrogen-bond acceptors (Lipinski definition) is 12. The summed E-state index contributed by atoms with van der Waals surface area (Å²) in [6, 6.07) is -0.294. The number of nitrogens with one attached hydrogen (secondary N) is 3. The number of carbonyl (C=O) groups is 6. The molecule has 0 aromatic carbocycles. The van der Waals surface area contributed by atoms with Gasteiger partial charge in [0, 0.05) is 31.5 Å². The van der Waals surface area contributed by atoms with Crippen LogP contribution in [-0.4, -0.2) is 93.5 Å². The molecular formula is C34H53N3O12. The summed E-state index contributed by atoms with van der Waals surface area (Å²) >= 11 is 0. The number of cyclic esters (lactones) is 4. The van der Waals surface area contributed by atoms with E-state index in [9.17, 15) is 28.8 Å². The zero-order valence-corrected chi connectivity index (χ0v) is 29.6. The Kier molecular flexibility index (Phi) is 12.0. The second-order valence-electron chi connectivity index (χ2n) is 16.4. The Morgan fingerprint density at radius 1 is 0.714 bits per heavy atom. The van der Waals surface area contributed by atoms with Gasteiger partial charge in [0.1, 0.15) is 13.2 Å². The molecule has 15 heteroatoms. The van der Waals surface area contributed by atoms with Gasteiger partial charge in [-0.05, 0) is 66.6 Å². The lowest BCUT2D eigenvalue weighted by molar-refractivity contribution is -0.145. The van der Waals surface area contributed by atoms with E-state index in [0.29, 0.717) is 32.2 Å². The van der Waals surface area contributed by atoms with Crippen LogP contribution in [0.4, 0.5) is 14.4 Å². The molecule has 4 aliphatic rings. The van der Waals surface area contributed by atoms with E-state index in [2.05, 4.69) is 57.5 Å². The summed E-state index contributed by atoms with van der Waals surface area (Å²) in [7, 11) is 0. The maximum absolute atomic E-state index is 12.6. The molecule has 2 aliphatic carbocycles. The molecule has 4 fully saturated rings. The summed E-state index contributed by atoms with van der Waals surface area (Å²) in [5.74, 6) is -1.10. The molecule has 0 bridgehead atoms. The Morgan fingerprint density at radius 2 is 1.20 bits per heavy atom. The second-order valence-corrected chi connectivity index (χ2v) is 16.4. The van der Waals surface area contributed by atoms with Crippen molar-refractivity contribution in [2.75, 3.05) is 33.0 Å². The highest BCUT2D eigenvalue weighted by atomic mass is 16.8. The number of ether oxygens (including phenoxy) is 6. The minimum atomic E-state index is -0.957. The molecule has 0 aromatic heterocycles. The van der Waals surface area contributed by atoms with E-state index < -0.39 is 36.5 Å². The van der Waals surface area contributed by atoms with Crippen LogP contribution < -0.4 is 16.0 Å². The van der Waals surface area contributed by atoms with Crippen molar-refractivity contribution in [1.82, 2.24) is 16.0 Å². The van der Waals surface area contributed by atoms with E-state index in [1.165, 1.54) is 0 Å². The Balaban J connectivity index is 1.11. The molecule has 0 aromatic rings. The Morgan fingerprint density at radius 3 is 1.71 bits per heavy atom. The average molecular weight is 696 g/mol. The van der Waals surface area contributed by atoms with Gasteiger partial charge in [-0.1, -0.05) is 41.5 Å². The zero-order valence-electron chi connectivity index (χ0n) is 29.6. The van der Waals surface area contributed by atoms with Gasteiger partial charge in [-0.2, -0.15) is 0 Å². The van der Waals surface area contributed by atoms with E-state index in [1.54, 1.807) is 0 Å². The van der Waals surface area contributed by atoms with Crippen molar-refractivity contribution in [2.24, 2.45) is 21.7 Å². The highest BCUT2D eigenvalue weighted by Crippen LogP contribution is 2.49. The lowest BCUT2D eigenvalue weighted by atomic mass is 9.61. The first-order valence-electron chi connectivity index (χ1n) is 17.2. The summed E-state index contributed by atoms with van der Waals surface area (Å²) in [6.07, 6.45) is 1.50. The van der Waals surface area contributed by atoms with Gasteiger partial charge < -0.3 is 44.4 Å². The van der Waals surface area contributed by atoms with Crippen LogP contribution in [0.5, 0.6) is 0 Å². The molecule has 2 heterocycles. The zero-order chi connectivity index (χ0) is 36.0. The van der Waals surface area contributed by atoms with Crippen LogP contribution in [0.2, 0.25) is 0 Å². The van der Waals surface area contributed by atoms with Gasteiger partial charge in [0.2, 0.25) is 12.2 Å². The lowest BCUT2D eigenvalue weighted by Gasteiger charge is -2.47. The summed E-state index contributed by atoms with van der Waals surface area (Å²) in [5, 5.41) is 8.81. The lowest BCUT2D eigenvalue weighted by Crippen LogP contribution is -2.52. The van der Waals surface area contributed by atoms with Gasteiger partial charge in [0.05, 0.1) is 13.2 Å². The number of amides is 3. The summed E-state index contributed by atoms with van der Waals surface area (Å²) in [5.41, 5.74) is -0.694. The fourth-order valence-electron chi connectivity index (χ4n) is 8.52. The quantitative estimate of drug-likeness (QED) is 0.143. The number of esters is 1. The van der Waals surface area contributed by atoms with Crippen LogP contribution in [0.1, 0.15) is 99.3 Å². The van der Waals surface area contributed by atoms with Crippen LogP contribution in [0.25, 0.3) is 0 Å². The molecule has 49 heavy (non-hydrogen) atoms. The first-order chi connectivity index (χ1) is 22.8. The van der Waals surface area contributed by atoms with E-state index in [4.69, 9.17) is 28.4 Å². The molecule has 2 aliphatic heterocycles. The van der Waals surface area contributed by atoms with Crippen molar-refractivity contribution in [3.05, 3.63) is 0 Å². The molecule has 6 atom stereocenters. The third-order valence-corrected chi connectivity index (χ3v) is 9.72. The highest BCUT2D eigenvalue weighted by molar-refractivity contribution is 5.85. The number of hydrogen-bond donors (Lipinski definition) is 3. The summed E-state index contributed by atoms with van der Waals surface area (Å²) < 4.78 is 30.0. The first-order valence-corrected chi connectivity index (χ1v) is 17.2. The minimum absolute atomic E-state index is 0.0686. The molecule has 6 unspecified atom stereocenters. The van der Waals surface area contributed by atoms with Crippen molar-refractivity contribution < 1.29 is 57.2 Å². The maximum atomic E-state index is 12.6. The predicted octanol–water partition coefficient (Wildman–Crippen LogP) is 3.90. The molecule has 4 rings (SSSR count). The van der Waals surface area contributed by atoms with E-state index in [-0.39, 0.29) is 78.5 Å². The largest absolute Gasteiger partial charge is 0.509 e.